The number of thioether (sulfide) groups is 1. The number of fused-ring (bicyclic) bond motifs is 1. The normalized spacial score (nSPS) is 13.4. The number of anilines is 1. The number of aromatic nitrogens is 3. The van der Waals surface area contributed by atoms with Gasteiger partial charge in [0, 0.05) is 16.8 Å². The van der Waals surface area contributed by atoms with Crippen LogP contribution in [0.2, 0.25) is 5.02 Å². The van der Waals surface area contributed by atoms with Gasteiger partial charge in [0.1, 0.15) is 0 Å². The number of halogens is 2. The van der Waals surface area contributed by atoms with Gasteiger partial charge >= 0.3 is 0 Å². The second-order valence-corrected chi connectivity index (χ2v) is 6.27. The summed E-state index contributed by atoms with van der Waals surface area (Å²) in [4.78, 5) is 12.2. The first kappa shape index (κ1) is 13.0. The van der Waals surface area contributed by atoms with Crippen LogP contribution in [0.4, 0.5) is 5.95 Å². The average molecular weight is 360 g/mol. The molecule has 0 unspecified atom stereocenters. The van der Waals surface area contributed by atoms with Crippen LogP contribution in [0.25, 0.3) is 0 Å². The molecule has 1 amide bonds. The molecule has 8 heteroatoms. The van der Waals surface area contributed by atoms with Gasteiger partial charge in [0.15, 0.2) is 5.16 Å². The Morgan fingerprint density at radius 3 is 3.16 bits per heavy atom. The van der Waals surface area contributed by atoms with E-state index in [4.69, 9.17) is 11.6 Å². The van der Waals surface area contributed by atoms with Crippen molar-refractivity contribution in [3.8, 4) is 0 Å². The summed E-state index contributed by atoms with van der Waals surface area (Å²) >= 11 is 11.0. The van der Waals surface area contributed by atoms with Crippen LogP contribution in [0.1, 0.15) is 10.4 Å². The Labute approximate surface area is 126 Å². The van der Waals surface area contributed by atoms with Crippen molar-refractivity contribution in [2.45, 2.75) is 11.7 Å². The molecule has 5 nitrogen and oxygen atoms in total. The van der Waals surface area contributed by atoms with Crippen molar-refractivity contribution in [1.82, 2.24) is 14.8 Å². The van der Waals surface area contributed by atoms with E-state index in [2.05, 4.69) is 31.4 Å². The molecule has 0 fully saturated rings. The third-order valence-corrected chi connectivity index (χ3v) is 4.43. The van der Waals surface area contributed by atoms with Gasteiger partial charge < -0.3 is 0 Å². The monoisotopic (exact) mass is 358 g/mol. The Bertz CT molecular complexity index is 660. The highest BCUT2D eigenvalue weighted by molar-refractivity contribution is 9.10. The van der Waals surface area contributed by atoms with E-state index in [-0.39, 0.29) is 5.91 Å². The van der Waals surface area contributed by atoms with Crippen LogP contribution in [-0.2, 0) is 6.54 Å². The molecule has 1 aliphatic heterocycles. The molecular weight excluding hydrogens is 352 g/mol. The van der Waals surface area contributed by atoms with Crippen molar-refractivity contribution in [2.24, 2.45) is 0 Å². The fourth-order valence-corrected chi connectivity index (χ4v) is 3.21. The van der Waals surface area contributed by atoms with Crippen LogP contribution < -0.4 is 5.32 Å². The van der Waals surface area contributed by atoms with Crippen molar-refractivity contribution in [1.29, 1.82) is 0 Å². The lowest BCUT2D eigenvalue weighted by atomic mass is 10.2. The van der Waals surface area contributed by atoms with E-state index < -0.39 is 0 Å². The summed E-state index contributed by atoms with van der Waals surface area (Å²) in [5, 5.41) is 11.9. The van der Waals surface area contributed by atoms with Gasteiger partial charge in [-0.15, -0.1) is 10.2 Å². The molecule has 1 aromatic heterocycles. The Morgan fingerprint density at radius 1 is 1.47 bits per heavy atom. The summed E-state index contributed by atoms with van der Waals surface area (Å²) in [5.74, 6) is 1.12. The molecule has 1 aromatic carbocycles. The summed E-state index contributed by atoms with van der Waals surface area (Å²) < 4.78 is 2.68. The van der Waals surface area contributed by atoms with E-state index in [0.29, 0.717) is 16.5 Å². The van der Waals surface area contributed by atoms with Crippen LogP contribution in [0, 0.1) is 0 Å². The molecule has 0 bridgehead atoms. The number of nitrogens with one attached hydrogen (secondary N) is 1. The summed E-state index contributed by atoms with van der Waals surface area (Å²) in [5.41, 5.74) is 0.402. The first-order valence-electron chi connectivity index (χ1n) is 5.47. The predicted octanol–water partition coefficient (Wildman–Crippen LogP) is 3.05. The maximum absolute atomic E-state index is 12.2. The van der Waals surface area contributed by atoms with Crippen LogP contribution in [-0.4, -0.2) is 26.4 Å². The SMILES string of the molecule is O=C(Nc1nnc2n1CCS2)c1cc(Br)ccc1Cl. The zero-order valence-corrected chi connectivity index (χ0v) is 12.7. The van der Waals surface area contributed by atoms with E-state index in [9.17, 15) is 4.79 Å². The lowest BCUT2D eigenvalue weighted by Gasteiger charge is -2.06. The maximum atomic E-state index is 12.2. The summed E-state index contributed by atoms with van der Waals surface area (Å²) in [6.45, 7) is 0.800. The highest BCUT2D eigenvalue weighted by Gasteiger charge is 2.20. The fourth-order valence-electron chi connectivity index (χ4n) is 1.76. The van der Waals surface area contributed by atoms with Gasteiger partial charge in [-0.1, -0.05) is 39.3 Å². The summed E-state index contributed by atoms with van der Waals surface area (Å²) in [6, 6.07) is 5.13. The third kappa shape index (κ3) is 2.50. The molecule has 19 heavy (non-hydrogen) atoms. The number of carbonyl (C=O) groups excluding carboxylic acids is 1. The first-order valence-corrected chi connectivity index (χ1v) is 7.63. The van der Waals surface area contributed by atoms with E-state index in [1.165, 1.54) is 0 Å². The van der Waals surface area contributed by atoms with Gasteiger partial charge in [0.05, 0.1) is 10.6 Å². The van der Waals surface area contributed by atoms with Crippen molar-refractivity contribution in [2.75, 3.05) is 11.1 Å². The zero-order chi connectivity index (χ0) is 13.4. The molecule has 2 heterocycles. The molecule has 2 aromatic rings. The largest absolute Gasteiger partial charge is 0.290 e. The van der Waals surface area contributed by atoms with Gasteiger partial charge in [-0.25, -0.2) is 0 Å². The Morgan fingerprint density at radius 2 is 2.32 bits per heavy atom. The first-order chi connectivity index (χ1) is 9.15. The zero-order valence-electron chi connectivity index (χ0n) is 9.56. The smallest absolute Gasteiger partial charge is 0.259 e. The van der Waals surface area contributed by atoms with E-state index >= 15 is 0 Å². The molecule has 0 spiro atoms. The minimum absolute atomic E-state index is 0.293. The van der Waals surface area contributed by atoms with Gasteiger partial charge in [-0.3, -0.25) is 14.7 Å². The molecular formula is C11H8BrClN4OS. The summed E-state index contributed by atoms with van der Waals surface area (Å²) in [7, 11) is 0. The highest BCUT2D eigenvalue weighted by atomic mass is 79.9. The van der Waals surface area contributed by atoms with Crippen LogP contribution in [0.5, 0.6) is 0 Å². The lowest BCUT2D eigenvalue weighted by Crippen LogP contribution is -2.16. The van der Waals surface area contributed by atoms with Gasteiger partial charge in [-0.2, -0.15) is 0 Å². The van der Waals surface area contributed by atoms with Crippen molar-refractivity contribution >= 4 is 51.1 Å². The Hall–Kier alpha value is -1.05. The van der Waals surface area contributed by atoms with Gasteiger partial charge in [0.2, 0.25) is 5.95 Å². The standard InChI is InChI=1S/C11H8BrClN4OS/c12-6-1-2-8(13)7(5-6)9(18)14-10-15-16-11-17(10)3-4-19-11/h1-2,5H,3-4H2,(H,14,15,18). The minimum Gasteiger partial charge on any atom is -0.290 e. The Balaban J connectivity index is 1.87. The van der Waals surface area contributed by atoms with Crippen molar-refractivity contribution < 1.29 is 4.79 Å². The number of rotatable bonds is 2. The number of benzene rings is 1. The van der Waals surface area contributed by atoms with Gasteiger partial charge in [-0.05, 0) is 18.2 Å². The highest BCUT2D eigenvalue weighted by Crippen LogP contribution is 2.27. The third-order valence-electron chi connectivity index (χ3n) is 2.66. The molecule has 1 N–H and O–H groups in total. The molecule has 0 radical (unpaired) electrons. The lowest BCUT2D eigenvalue weighted by molar-refractivity contribution is 0.102. The second-order valence-electron chi connectivity index (χ2n) is 3.88. The van der Waals surface area contributed by atoms with Gasteiger partial charge in [0.25, 0.3) is 5.91 Å². The minimum atomic E-state index is -0.293. The predicted molar refractivity (Wildman–Crippen MR) is 77.9 cm³/mol. The Kier molecular flexibility index (Phi) is 3.51. The molecule has 0 saturated heterocycles. The average Bonchev–Trinajstić information content (AvgIpc) is 2.97. The molecule has 98 valence electrons. The number of hydrogen-bond acceptors (Lipinski definition) is 4. The molecule has 3 rings (SSSR count). The van der Waals surface area contributed by atoms with Crippen molar-refractivity contribution in [3.63, 3.8) is 0 Å². The van der Waals surface area contributed by atoms with E-state index in [1.807, 2.05) is 4.57 Å². The van der Waals surface area contributed by atoms with Crippen molar-refractivity contribution in [3.05, 3.63) is 33.3 Å². The van der Waals surface area contributed by atoms with Crippen LogP contribution in [0.15, 0.2) is 27.8 Å². The van der Waals surface area contributed by atoms with Crippen LogP contribution in [0.3, 0.4) is 0 Å². The summed E-state index contributed by atoms with van der Waals surface area (Å²) in [6.07, 6.45) is 0. The fraction of sp³-hybridized carbons (Fsp3) is 0.182. The number of hydrogen-bond donors (Lipinski definition) is 1. The quantitative estimate of drug-likeness (QED) is 0.895. The maximum Gasteiger partial charge on any atom is 0.259 e. The number of nitrogens with zero attached hydrogens (tertiary/aromatic N) is 3. The molecule has 0 saturated carbocycles. The van der Waals surface area contributed by atoms with E-state index in [1.54, 1.807) is 30.0 Å². The second kappa shape index (κ2) is 5.15. The molecule has 0 atom stereocenters. The number of amides is 1. The van der Waals surface area contributed by atoms with Crippen LogP contribution >= 0.6 is 39.3 Å². The topological polar surface area (TPSA) is 59.8 Å². The molecule has 0 aliphatic carbocycles. The molecule has 1 aliphatic rings. The van der Waals surface area contributed by atoms with E-state index in [0.717, 1.165) is 21.9 Å². The number of carbonyl (C=O) groups is 1.